The van der Waals surface area contributed by atoms with E-state index in [-0.39, 0.29) is 85.6 Å². The molecule has 5 N–H and O–H groups in total. The summed E-state index contributed by atoms with van der Waals surface area (Å²) >= 11 is 19.2. The molecule has 0 fully saturated rings. The van der Waals surface area contributed by atoms with Crippen LogP contribution in [0.15, 0.2) is 254 Å². The summed E-state index contributed by atoms with van der Waals surface area (Å²) in [6.45, 7) is 34.4. The standard InChI is InChI=1S/C17H19NO.C17H18NO.C12H15ClO.2C11H8N.C6H11Br.C6H5ClO.C5H4N.C2H6O.CHF3O3S.2CH4O.BrH.2Ir.Zn/c2*1-16(2)13-9-7-8-12(14-10-5-6-11-18-14)15(13)19-17(16,3)4;1-11(2)8-6-5-7-9(13)10(8)14-12(11,3)4;2*1-2-6-10(7-3-1)11-8-4-5-9-12-11;1-5(2)6(3)4-7;7-5-3-1-2-4-6(5)8;1-2-4-6-5-3-1;1-2-3;2-1(3,4)8(5,6)7;2*1-2;;;;/h5-11H,1-4H3;5-7,9-11H,1-4H3;5-7H,1-4H3;2*1-6,8-9H;4H2,1-3H3;1-4,8H;1-4H;3H,2H2,1H3;(H,5,6,7);2*2H,1H3;1H;;;/q;-1;;2*-1;;;-1;;;;;;;;+2/p-1. The van der Waals surface area contributed by atoms with Gasteiger partial charge in [0.2, 0.25) is 0 Å². The van der Waals surface area contributed by atoms with E-state index in [0.717, 1.165) is 81.8 Å². The van der Waals surface area contributed by atoms with Crippen LogP contribution >= 0.6 is 52.8 Å². The number of halogens is 7. The molecule has 0 amide bonds. The van der Waals surface area contributed by atoms with Gasteiger partial charge in [-0.3, -0.25) is 9.54 Å². The van der Waals surface area contributed by atoms with Gasteiger partial charge >= 0.3 is 45.6 Å². The van der Waals surface area contributed by atoms with Crippen molar-refractivity contribution in [3.63, 3.8) is 0 Å². The molecular formula is C90H103Br2Cl2F3Ir2N5O10SZn-3. The first kappa shape index (κ1) is 109. The van der Waals surface area contributed by atoms with Crippen molar-refractivity contribution < 1.29 is 117 Å². The van der Waals surface area contributed by atoms with Gasteiger partial charge in [0.25, 0.3) is 0 Å². The Bertz CT molecular complexity index is 4390. The number of rotatable bonds is 5. The molecule has 0 spiro atoms. The van der Waals surface area contributed by atoms with Gasteiger partial charge in [-0.05, 0) is 141 Å². The molecule has 0 saturated carbocycles. The molecule has 0 unspecified atom stereocenters. The Kier molecular flexibility index (Phi) is 50.4. The number of pyridine rings is 5. The molecule has 0 aliphatic carbocycles. The van der Waals surface area contributed by atoms with Crippen molar-refractivity contribution in [2.45, 2.75) is 149 Å². The van der Waals surface area contributed by atoms with Crippen LogP contribution in [0.25, 0.3) is 45.0 Å². The van der Waals surface area contributed by atoms with Crippen molar-refractivity contribution in [1.29, 1.82) is 0 Å². The summed E-state index contributed by atoms with van der Waals surface area (Å²) in [6, 6.07) is 77.3. The number of hydrogen-bond acceptors (Lipinski definition) is 14. The van der Waals surface area contributed by atoms with Crippen LogP contribution in [0.2, 0.25) is 10.0 Å². The van der Waals surface area contributed by atoms with Crippen molar-refractivity contribution in [2.24, 2.45) is 0 Å². The van der Waals surface area contributed by atoms with E-state index in [0.29, 0.717) is 10.0 Å². The Morgan fingerprint density at radius 3 is 1.15 bits per heavy atom. The number of ether oxygens (including phenoxy) is 3. The number of aromatic nitrogens is 5. The Morgan fingerprint density at radius 2 is 0.828 bits per heavy atom. The first-order valence-corrected chi connectivity index (χ1v) is 45.9. The van der Waals surface area contributed by atoms with E-state index >= 15 is 0 Å². The van der Waals surface area contributed by atoms with Crippen LogP contribution in [0, 0.1) is 24.4 Å². The summed E-state index contributed by atoms with van der Waals surface area (Å²) in [4.78, 5) is 20.9. The second kappa shape index (κ2) is 53.6. The van der Waals surface area contributed by atoms with Crippen LogP contribution in [-0.4, -0.2) is 107 Å². The Balaban J connectivity index is 0.00000129. The smallest absolute Gasteiger partial charge is 0.0160 e. The third kappa shape index (κ3) is 33.0. The van der Waals surface area contributed by atoms with Gasteiger partial charge < -0.3 is 54.6 Å². The normalized spacial score (nSPS) is 13.6. The minimum Gasteiger partial charge on any atom is -0.394 e. The van der Waals surface area contributed by atoms with Gasteiger partial charge in [0.1, 0.15) is 28.5 Å². The molecule has 6 aromatic carbocycles. The molecule has 14 rings (SSSR count). The topological polar surface area (TPSA) is 227 Å². The van der Waals surface area contributed by atoms with Crippen molar-refractivity contribution in [1.82, 2.24) is 24.9 Å². The monoisotopic (exact) mass is 2180 g/mol. The van der Waals surface area contributed by atoms with Crippen LogP contribution in [-0.2, 0) is 82.9 Å². The molecule has 2 radical (unpaired) electrons. The number of allylic oxidation sites excluding steroid dienone is 2. The van der Waals surface area contributed by atoms with Crippen LogP contribution in [0.4, 0.5) is 13.2 Å². The summed E-state index contributed by atoms with van der Waals surface area (Å²) < 4.78 is 75.9. The third-order valence-corrected chi connectivity index (χ3v) is 20.5. The molecule has 0 saturated heterocycles. The second-order valence-electron chi connectivity index (χ2n) is 27.6. The number of para-hydroxylation sites is 3. The molecule has 3 aliphatic heterocycles. The Labute approximate surface area is 747 Å². The van der Waals surface area contributed by atoms with E-state index in [1.54, 1.807) is 62.0 Å². The van der Waals surface area contributed by atoms with Gasteiger partial charge in [-0.25, -0.2) is 0 Å². The molecule has 5 aromatic heterocycles. The first-order valence-electron chi connectivity index (χ1n) is 35.7. The van der Waals surface area contributed by atoms with Crippen LogP contribution in [0.1, 0.15) is 127 Å². The summed E-state index contributed by atoms with van der Waals surface area (Å²) in [6.07, 6.45) is 11.5. The van der Waals surface area contributed by atoms with Crippen molar-refractivity contribution in [3.8, 4) is 68.0 Å². The average molecular weight is 2180 g/mol. The Morgan fingerprint density at radius 1 is 0.474 bits per heavy atom. The number of aromatic hydroxyl groups is 1. The van der Waals surface area contributed by atoms with Crippen molar-refractivity contribution in [3.05, 3.63) is 306 Å². The summed E-state index contributed by atoms with van der Waals surface area (Å²) in [7, 11) is -3.84. The minimum absolute atomic E-state index is 0. The summed E-state index contributed by atoms with van der Waals surface area (Å²) in [5.41, 5.74) is 8.29. The fourth-order valence-corrected chi connectivity index (χ4v) is 10.8. The number of aliphatic hydroxyl groups is 3. The van der Waals surface area contributed by atoms with E-state index in [4.69, 9.17) is 70.8 Å². The second-order valence-corrected chi connectivity index (χ2v) is 30.4. The maximum absolute atomic E-state index is 10.7. The van der Waals surface area contributed by atoms with Crippen molar-refractivity contribution >= 4 is 62.9 Å². The van der Waals surface area contributed by atoms with Gasteiger partial charge in [-0.1, -0.05) is 194 Å². The maximum atomic E-state index is 10.7. The van der Waals surface area contributed by atoms with Gasteiger partial charge in [0.05, 0.1) is 21.3 Å². The predicted octanol–water partition coefficient (Wildman–Crippen LogP) is 23.2. The first-order chi connectivity index (χ1) is 53.8. The fraction of sp³-hybridized carbons (Fsp3) is 0.300. The number of hydrogen-bond donors (Lipinski definition) is 5. The largest absolute Gasteiger partial charge is 0.394 e. The van der Waals surface area contributed by atoms with Gasteiger partial charge in [0, 0.05) is 130 Å². The molecular weight excluding hydrogens is 2080 g/mol. The van der Waals surface area contributed by atoms with Crippen LogP contribution in [0.5, 0.6) is 23.0 Å². The molecule has 11 aromatic rings. The average Bonchev–Trinajstić information content (AvgIpc) is 1.60. The van der Waals surface area contributed by atoms with E-state index < -0.39 is 15.6 Å². The van der Waals surface area contributed by atoms with E-state index in [9.17, 15) is 13.2 Å². The van der Waals surface area contributed by atoms with Crippen LogP contribution < -0.4 is 14.2 Å². The number of phenolic OH excluding ortho intramolecular Hbond substituents is 1. The van der Waals surface area contributed by atoms with Crippen LogP contribution in [0.3, 0.4) is 0 Å². The molecule has 15 nitrogen and oxygen atoms in total. The van der Waals surface area contributed by atoms with E-state index in [1.807, 2.05) is 158 Å². The number of phenols is 1. The molecule has 116 heavy (non-hydrogen) atoms. The number of aliphatic hydroxyl groups excluding tert-OH is 3. The molecule has 0 bridgehead atoms. The number of alkyl halides is 4. The predicted molar refractivity (Wildman–Crippen MR) is 459 cm³/mol. The van der Waals surface area contributed by atoms with Crippen molar-refractivity contribution in [2.75, 3.05) is 26.2 Å². The quantitative estimate of drug-likeness (QED) is 0.0270. The minimum atomic E-state index is -5.84. The third-order valence-electron chi connectivity index (χ3n) is 18.4. The van der Waals surface area contributed by atoms with Gasteiger partial charge in [-0.15, -0.1) is 90.0 Å². The van der Waals surface area contributed by atoms with E-state index in [2.05, 4.69) is 213 Å². The molecule has 3 aliphatic rings. The molecule has 26 heteroatoms. The molecule has 8 heterocycles. The number of fused-ring (bicyclic) bond motifs is 3. The SMILES string of the molecule is CC(C)=C(C)CBr.CC1(C)Oc2c(-c3ccccn3)[c-]ccc2C1(C)C.CC1(C)Oc2c(-c3ccccn3)cccc2C1(C)C.CC1(C)Oc2c(Cl)cccc2C1(C)C.CCO.CO.CO.O=S(=O)(O)C(F)(F)F.Oc1ccccc1Cl.[Ir].[Ir].[Zn+][Br].[c-]1ccccc1-c1ccccn1.[c-]1ccccc1-c1ccccn1.[c-]1ccccn1. The molecule has 626 valence electrons. The number of nitrogens with zero attached hydrogens (tertiary/aromatic N) is 5. The zero-order valence-electron chi connectivity index (χ0n) is 68.4. The number of benzene rings is 6. The van der Waals surface area contributed by atoms with E-state index in [1.165, 1.54) is 44.2 Å². The van der Waals surface area contributed by atoms with Gasteiger partial charge in [0.15, 0.2) is 0 Å². The maximum Gasteiger partial charge on any atom is 0.0160 e. The van der Waals surface area contributed by atoms with Gasteiger partial charge in [-0.2, -0.15) is 39.8 Å². The molecule has 0 atom stereocenters. The fourth-order valence-electron chi connectivity index (χ4n) is 9.88. The zero-order valence-corrected chi connectivity index (χ0v) is 81.7. The summed E-state index contributed by atoms with van der Waals surface area (Å²) in [5, 5.41) is 32.5. The summed E-state index contributed by atoms with van der Waals surface area (Å²) in [5.74, 6) is 2.89. The zero-order chi connectivity index (χ0) is 86.2. The Hall–Kier alpha value is -6.95.